The Morgan fingerprint density at radius 3 is 2.78 bits per heavy atom. The molecule has 1 aromatic heterocycles. The molecule has 90 valence electrons. The van der Waals surface area contributed by atoms with Crippen molar-refractivity contribution >= 4 is 39.2 Å². The molecule has 4 heteroatoms. The van der Waals surface area contributed by atoms with Gasteiger partial charge in [-0.25, -0.2) is 0 Å². The van der Waals surface area contributed by atoms with Crippen LogP contribution in [-0.4, -0.2) is 9.55 Å². The molecule has 0 amide bonds. The lowest BCUT2D eigenvalue weighted by Gasteiger charge is -2.05. The quantitative estimate of drug-likeness (QED) is 0.641. The fourth-order valence-corrected chi connectivity index (χ4v) is 2.78. The molecule has 2 aromatic carbocycles. The van der Waals surface area contributed by atoms with Crippen LogP contribution in [0, 0.1) is 11.7 Å². The van der Waals surface area contributed by atoms with E-state index in [4.69, 9.17) is 12.2 Å². The first kappa shape index (κ1) is 11.7. The Labute approximate surface area is 118 Å². The maximum absolute atomic E-state index is 5.41. The lowest BCUT2D eigenvalue weighted by atomic mass is 10.2. The molecule has 0 aliphatic heterocycles. The summed E-state index contributed by atoms with van der Waals surface area (Å²) in [6, 6.07) is 14.5. The maximum Gasteiger partial charge on any atom is 0.182 e. The summed E-state index contributed by atoms with van der Waals surface area (Å²) in [4.78, 5) is 3.23. The van der Waals surface area contributed by atoms with Crippen molar-refractivity contribution in [3.8, 4) is 5.69 Å². The summed E-state index contributed by atoms with van der Waals surface area (Å²) in [6.07, 6.45) is 0. The number of fused-ring (bicyclic) bond motifs is 1. The molecular weight excluding hydrogens is 308 g/mol. The van der Waals surface area contributed by atoms with Crippen molar-refractivity contribution in [2.24, 2.45) is 0 Å². The molecule has 0 spiro atoms. The van der Waals surface area contributed by atoms with Gasteiger partial charge >= 0.3 is 0 Å². The van der Waals surface area contributed by atoms with Crippen molar-refractivity contribution in [1.29, 1.82) is 0 Å². The minimum atomic E-state index is 0.716. The van der Waals surface area contributed by atoms with E-state index in [1.807, 2.05) is 18.2 Å². The number of nitrogens with one attached hydrogen (secondary N) is 1. The van der Waals surface area contributed by atoms with Crippen molar-refractivity contribution in [3.63, 3.8) is 0 Å². The number of H-pyrrole nitrogens is 1. The topological polar surface area (TPSA) is 20.7 Å². The van der Waals surface area contributed by atoms with Crippen LogP contribution in [0.5, 0.6) is 0 Å². The van der Waals surface area contributed by atoms with Crippen molar-refractivity contribution < 1.29 is 0 Å². The molecule has 0 fully saturated rings. The molecule has 0 atom stereocenters. The van der Waals surface area contributed by atoms with Crippen LogP contribution >= 0.6 is 28.1 Å². The third-order valence-electron chi connectivity index (χ3n) is 2.90. The average molecular weight is 319 g/mol. The molecule has 0 unspecified atom stereocenters. The Balaban J connectivity index is 2.35. The number of benzene rings is 2. The SMILES string of the molecule is Cc1cccc(-n2c(=S)[nH]c3cc(Br)ccc32)c1. The molecule has 1 N–H and O–H groups in total. The number of imidazole rings is 1. The van der Waals surface area contributed by atoms with Gasteiger partial charge in [-0.2, -0.15) is 0 Å². The first-order valence-electron chi connectivity index (χ1n) is 5.62. The summed E-state index contributed by atoms with van der Waals surface area (Å²) in [7, 11) is 0. The fraction of sp³-hybridized carbons (Fsp3) is 0.0714. The number of aromatic nitrogens is 2. The lowest BCUT2D eigenvalue weighted by molar-refractivity contribution is 1.06. The van der Waals surface area contributed by atoms with Gasteiger partial charge in [0.05, 0.1) is 11.0 Å². The number of nitrogens with zero attached hydrogens (tertiary/aromatic N) is 1. The smallest absolute Gasteiger partial charge is 0.182 e. The van der Waals surface area contributed by atoms with Crippen LogP contribution in [0.4, 0.5) is 0 Å². The maximum atomic E-state index is 5.41. The standard InChI is InChI=1S/C14H11BrN2S/c1-9-3-2-4-11(7-9)17-13-6-5-10(15)8-12(13)16-14(17)18/h2-8H,1H3,(H,16,18). The van der Waals surface area contributed by atoms with E-state index < -0.39 is 0 Å². The number of aryl methyl sites for hydroxylation is 1. The second kappa shape index (κ2) is 4.37. The Morgan fingerprint density at radius 2 is 2.00 bits per heavy atom. The van der Waals surface area contributed by atoms with Crippen molar-refractivity contribution in [1.82, 2.24) is 9.55 Å². The summed E-state index contributed by atoms with van der Waals surface area (Å²) in [5, 5.41) is 0. The lowest BCUT2D eigenvalue weighted by Crippen LogP contribution is -1.93. The third-order valence-corrected chi connectivity index (χ3v) is 3.68. The van der Waals surface area contributed by atoms with Crippen molar-refractivity contribution in [2.45, 2.75) is 6.92 Å². The molecule has 0 bridgehead atoms. The van der Waals surface area contributed by atoms with Gasteiger partial charge in [0.1, 0.15) is 0 Å². The second-order valence-electron chi connectivity index (χ2n) is 4.27. The molecule has 3 rings (SSSR count). The Morgan fingerprint density at radius 1 is 1.17 bits per heavy atom. The van der Waals surface area contributed by atoms with E-state index in [9.17, 15) is 0 Å². The van der Waals surface area contributed by atoms with Gasteiger partial charge in [0.2, 0.25) is 0 Å². The zero-order chi connectivity index (χ0) is 12.7. The largest absolute Gasteiger partial charge is 0.330 e. The number of hydrogen-bond donors (Lipinski definition) is 1. The molecule has 0 saturated heterocycles. The van der Waals surface area contributed by atoms with E-state index in [2.05, 4.69) is 56.7 Å². The van der Waals surface area contributed by atoms with Gasteiger partial charge in [0.25, 0.3) is 0 Å². The van der Waals surface area contributed by atoms with E-state index in [0.717, 1.165) is 21.2 Å². The van der Waals surface area contributed by atoms with Crippen LogP contribution in [0.3, 0.4) is 0 Å². The summed E-state index contributed by atoms with van der Waals surface area (Å²) >= 11 is 8.88. The van der Waals surface area contributed by atoms with Crippen molar-refractivity contribution in [3.05, 3.63) is 57.3 Å². The molecule has 1 heterocycles. The van der Waals surface area contributed by atoms with Crippen LogP contribution in [0.2, 0.25) is 0 Å². The number of rotatable bonds is 1. The van der Waals surface area contributed by atoms with Crippen LogP contribution in [-0.2, 0) is 0 Å². The van der Waals surface area contributed by atoms with Crippen LogP contribution in [0.25, 0.3) is 16.7 Å². The zero-order valence-corrected chi connectivity index (χ0v) is 12.2. The van der Waals surface area contributed by atoms with Gasteiger partial charge in [-0.15, -0.1) is 0 Å². The number of hydrogen-bond acceptors (Lipinski definition) is 1. The molecule has 0 aliphatic rings. The van der Waals surface area contributed by atoms with Gasteiger partial charge in [0, 0.05) is 10.2 Å². The Kier molecular flexibility index (Phi) is 2.84. The van der Waals surface area contributed by atoms with Gasteiger partial charge in [-0.1, -0.05) is 28.1 Å². The van der Waals surface area contributed by atoms with E-state index in [1.54, 1.807) is 0 Å². The summed E-state index contributed by atoms with van der Waals surface area (Å²) in [5.74, 6) is 0. The first-order chi connectivity index (χ1) is 8.65. The van der Waals surface area contributed by atoms with E-state index in [0.29, 0.717) is 4.77 Å². The first-order valence-corrected chi connectivity index (χ1v) is 6.82. The van der Waals surface area contributed by atoms with Gasteiger partial charge < -0.3 is 4.98 Å². The fourth-order valence-electron chi connectivity index (χ4n) is 2.11. The van der Waals surface area contributed by atoms with Crippen LogP contribution in [0.15, 0.2) is 46.9 Å². The highest BCUT2D eigenvalue weighted by Gasteiger charge is 2.06. The minimum Gasteiger partial charge on any atom is -0.330 e. The Hall–Kier alpha value is -1.39. The van der Waals surface area contributed by atoms with E-state index in [-0.39, 0.29) is 0 Å². The number of aromatic amines is 1. The molecular formula is C14H11BrN2S. The molecule has 18 heavy (non-hydrogen) atoms. The molecule has 0 radical (unpaired) electrons. The molecule has 3 aromatic rings. The predicted molar refractivity (Wildman–Crippen MR) is 80.9 cm³/mol. The molecule has 0 saturated carbocycles. The normalized spacial score (nSPS) is 11.0. The highest BCUT2D eigenvalue weighted by molar-refractivity contribution is 9.10. The average Bonchev–Trinajstić information content (AvgIpc) is 2.64. The van der Waals surface area contributed by atoms with E-state index >= 15 is 0 Å². The highest BCUT2D eigenvalue weighted by Crippen LogP contribution is 2.23. The van der Waals surface area contributed by atoms with Gasteiger partial charge in [-0.3, -0.25) is 4.57 Å². The minimum absolute atomic E-state index is 0.716. The zero-order valence-electron chi connectivity index (χ0n) is 9.77. The summed E-state index contributed by atoms with van der Waals surface area (Å²) in [5.41, 5.74) is 4.44. The van der Waals surface area contributed by atoms with E-state index in [1.165, 1.54) is 5.56 Å². The van der Waals surface area contributed by atoms with Crippen LogP contribution < -0.4 is 0 Å². The third kappa shape index (κ3) is 1.91. The van der Waals surface area contributed by atoms with Gasteiger partial charge in [0.15, 0.2) is 4.77 Å². The van der Waals surface area contributed by atoms with Gasteiger partial charge in [-0.05, 0) is 55.0 Å². The monoisotopic (exact) mass is 318 g/mol. The molecule has 0 aliphatic carbocycles. The molecule has 2 nitrogen and oxygen atoms in total. The predicted octanol–water partition coefficient (Wildman–Crippen LogP) is 4.76. The summed E-state index contributed by atoms with van der Waals surface area (Å²) < 4.78 is 3.82. The number of halogens is 1. The van der Waals surface area contributed by atoms with Crippen molar-refractivity contribution in [2.75, 3.05) is 0 Å². The Bertz CT molecular complexity index is 786. The second-order valence-corrected chi connectivity index (χ2v) is 5.57. The highest BCUT2D eigenvalue weighted by atomic mass is 79.9. The van der Waals surface area contributed by atoms with Crippen LogP contribution in [0.1, 0.15) is 5.56 Å². The summed E-state index contributed by atoms with van der Waals surface area (Å²) in [6.45, 7) is 2.08.